The molecule has 24 heavy (non-hydrogen) atoms. The highest BCUT2D eigenvalue weighted by atomic mass is 35.5. The standard InChI is InChI=1S/C15H14ClFN2O4S/c16-11-9-10(5-6-12(11)17)24(21,22)19-13-3-1-2-4-14(13)23-8-7-15(18)20/h1-6,9,19H,7-8H2,(H2,18,20). The molecule has 0 saturated carbocycles. The van der Waals surface area contributed by atoms with Crippen molar-refractivity contribution in [2.45, 2.75) is 11.3 Å². The maximum atomic E-state index is 13.2. The number of carbonyl (C=O) groups excluding carboxylic acids is 1. The topological polar surface area (TPSA) is 98.5 Å². The van der Waals surface area contributed by atoms with Crippen molar-refractivity contribution in [2.24, 2.45) is 5.73 Å². The summed E-state index contributed by atoms with van der Waals surface area (Å²) in [7, 11) is -3.99. The van der Waals surface area contributed by atoms with Crippen LogP contribution in [0.25, 0.3) is 0 Å². The van der Waals surface area contributed by atoms with Gasteiger partial charge < -0.3 is 10.5 Å². The van der Waals surface area contributed by atoms with Gasteiger partial charge in [-0.2, -0.15) is 0 Å². The van der Waals surface area contributed by atoms with Gasteiger partial charge in [0.25, 0.3) is 10.0 Å². The van der Waals surface area contributed by atoms with Crippen molar-refractivity contribution >= 4 is 33.2 Å². The van der Waals surface area contributed by atoms with Crippen molar-refractivity contribution < 1.29 is 22.3 Å². The number of benzene rings is 2. The molecule has 1 amide bonds. The zero-order valence-electron chi connectivity index (χ0n) is 12.3. The highest BCUT2D eigenvalue weighted by Gasteiger charge is 2.18. The smallest absolute Gasteiger partial charge is 0.262 e. The van der Waals surface area contributed by atoms with Gasteiger partial charge in [0.2, 0.25) is 5.91 Å². The van der Waals surface area contributed by atoms with Gasteiger partial charge in [0.15, 0.2) is 0 Å². The van der Waals surface area contributed by atoms with E-state index in [0.29, 0.717) is 0 Å². The lowest BCUT2D eigenvalue weighted by Crippen LogP contribution is -2.16. The summed E-state index contributed by atoms with van der Waals surface area (Å²) in [6.45, 7) is 0.0104. The molecule has 9 heteroatoms. The molecule has 0 aliphatic rings. The van der Waals surface area contributed by atoms with E-state index in [9.17, 15) is 17.6 Å². The minimum absolute atomic E-state index is 0.00530. The van der Waals surface area contributed by atoms with Gasteiger partial charge in [-0.05, 0) is 30.3 Å². The van der Waals surface area contributed by atoms with E-state index >= 15 is 0 Å². The van der Waals surface area contributed by atoms with Crippen LogP contribution in [0.5, 0.6) is 5.75 Å². The predicted molar refractivity (Wildman–Crippen MR) is 88.0 cm³/mol. The number of rotatable bonds is 7. The summed E-state index contributed by atoms with van der Waals surface area (Å²) in [6, 6.07) is 9.35. The van der Waals surface area contributed by atoms with Crippen molar-refractivity contribution in [3.05, 3.63) is 53.3 Å². The van der Waals surface area contributed by atoms with E-state index in [-0.39, 0.29) is 34.4 Å². The predicted octanol–water partition coefficient (Wildman–Crippen LogP) is 2.53. The first-order valence-corrected chi connectivity index (χ1v) is 8.64. The molecule has 2 aromatic rings. The van der Waals surface area contributed by atoms with Gasteiger partial charge >= 0.3 is 0 Å². The number of primary amides is 1. The van der Waals surface area contributed by atoms with Crippen LogP contribution in [-0.4, -0.2) is 20.9 Å². The van der Waals surface area contributed by atoms with E-state index < -0.39 is 21.7 Å². The molecule has 0 spiro atoms. The van der Waals surface area contributed by atoms with E-state index in [1.54, 1.807) is 12.1 Å². The number of carbonyl (C=O) groups is 1. The minimum atomic E-state index is -3.99. The molecule has 0 saturated heterocycles. The Morgan fingerprint density at radius 2 is 1.96 bits per heavy atom. The number of sulfonamides is 1. The van der Waals surface area contributed by atoms with Crippen LogP contribution in [0.15, 0.2) is 47.4 Å². The number of hydrogen-bond acceptors (Lipinski definition) is 4. The number of anilines is 1. The number of nitrogens with one attached hydrogen (secondary N) is 1. The molecule has 0 heterocycles. The lowest BCUT2D eigenvalue weighted by molar-refractivity contribution is -0.118. The van der Waals surface area contributed by atoms with Crippen LogP contribution in [0.2, 0.25) is 5.02 Å². The zero-order chi connectivity index (χ0) is 17.7. The molecular weight excluding hydrogens is 359 g/mol. The van der Waals surface area contributed by atoms with Gasteiger partial charge in [-0.3, -0.25) is 9.52 Å². The maximum Gasteiger partial charge on any atom is 0.262 e. The molecule has 0 aliphatic carbocycles. The average Bonchev–Trinajstić information content (AvgIpc) is 2.51. The summed E-state index contributed by atoms with van der Waals surface area (Å²) in [6.07, 6.45) is -0.00530. The molecule has 0 fully saturated rings. The first kappa shape index (κ1) is 18.0. The molecule has 0 unspecified atom stereocenters. The number of amides is 1. The van der Waals surface area contributed by atoms with Crippen LogP contribution in [0.4, 0.5) is 10.1 Å². The molecule has 3 N–H and O–H groups in total. The lowest BCUT2D eigenvalue weighted by atomic mass is 10.3. The molecule has 6 nitrogen and oxygen atoms in total. The molecular formula is C15H14ClFN2O4S. The van der Waals surface area contributed by atoms with E-state index in [0.717, 1.165) is 18.2 Å². The highest BCUT2D eigenvalue weighted by molar-refractivity contribution is 7.92. The minimum Gasteiger partial charge on any atom is -0.491 e. The second-order valence-corrected chi connectivity index (χ2v) is 6.83. The molecule has 0 radical (unpaired) electrons. The Kier molecular flexibility index (Phi) is 5.63. The molecule has 2 rings (SSSR count). The fourth-order valence-electron chi connectivity index (χ4n) is 1.79. The van der Waals surface area contributed by atoms with Crippen LogP contribution >= 0.6 is 11.6 Å². The largest absolute Gasteiger partial charge is 0.491 e. The Labute approximate surface area is 143 Å². The summed E-state index contributed by atoms with van der Waals surface area (Å²) >= 11 is 5.62. The van der Waals surface area contributed by atoms with E-state index in [1.165, 1.54) is 12.1 Å². The van der Waals surface area contributed by atoms with Crippen molar-refractivity contribution in [3.8, 4) is 5.75 Å². The summed E-state index contributed by atoms with van der Waals surface area (Å²) in [5.41, 5.74) is 5.19. The second kappa shape index (κ2) is 7.50. The highest BCUT2D eigenvalue weighted by Crippen LogP contribution is 2.28. The van der Waals surface area contributed by atoms with Crippen molar-refractivity contribution in [1.29, 1.82) is 0 Å². The Morgan fingerprint density at radius 1 is 1.25 bits per heavy atom. The molecule has 2 aromatic carbocycles. The van der Waals surface area contributed by atoms with Gasteiger partial charge in [-0.1, -0.05) is 23.7 Å². The second-order valence-electron chi connectivity index (χ2n) is 4.74. The summed E-state index contributed by atoms with van der Waals surface area (Å²) in [4.78, 5) is 10.5. The molecule has 0 atom stereocenters. The third-order valence-electron chi connectivity index (χ3n) is 2.94. The Hall–Kier alpha value is -2.32. The van der Waals surface area contributed by atoms with Crippen molar-refractivity contribution in [1.82, 2.24) is 0 Å². The van der Waals surface area contributed by atoms with Gasteiger partial charge in [-0.25, -0.2) is 12.8 Å². The maximum absolute atomic E-state index is 13.2. The number of ether oxygens (including phenoxy) is 1. The van der Waals surface area contributed by atoms with Crippen LogP contribution in [-0.2, 0) is 14.8 Å². The molecule has 0 bridgehead atoms. The molecule has 128 valence electrons. The number of hydrogen-bond donors (Lipinski definition) is 2. The summed E-state index contributed by atoms with van der Waals surface area (Å²) < 4.78 is 45.6. The quantitative estimate of drug-likeness (QED) is 0.780. The fourth-order valence-corrected chi connectivity index (χ4v) is 3.13. The summed E-state index contributed by atoms with van der Waals surface area (Å²) in [5.74, 6) is -1.02. The Morgan fingerprint density at radius 3 is 2.62 bits per heavy atom. The summed E-state index contributed by atoms with van der Waals surface area (Å²) in [5, 5.41) is -0.302. The average molecular weight is 373 g/mol. The van der Waals surface area contributed by atoms with Crippen molar-refractivity contribution in [2.75, 3.05) is 11.3 Å². The molecule has 0 aromatic heterocycles. The van der Waals surface area contributed by atoms with E-state index in [1.807, 2.05) is 0 Å². The number of para-hydroxylation sites is 2. The SMILES string of the molecule is NC(=O)CCOc1ccccc1NS(=O)(=O)c1ccc(F)c(Cl)c1. The van der Waals surface area contributed by atoms with Gasteiger partial charge in [-0.15, -0.1) is 0 Å². The molecule has 0 aliphatic heterocycles. The van der Waals surface area contributed by atoms with Gasteiger partial charge in [0.05, 0.1) is 28.6 Å². The normalized spacial score (nSPS) is 11.1. The van der Waals surface area contributed by atoms with Crippen LogP contribution in [0.3, 0.4) is 0 Å². The Balaban J connectivity index is 2.23. The van der Waals surface area contributed by atoms with Crippen LogP contribution in [0, 0.1) is 5.82 Å². The lowest BCUT2D eigenvalue weighted by Gasteiger charge is -2.13. The zero-order valence-corrected chi connectivity index (χ0v) is 13.9. The van der Waals surface area contributed by atoms with Gasteiger partial charge in [0.1, 0.15) is 11.6 Å². The fraction of sp³-hybridized carbons (Fsp3) is 0.133. The van der Waals surface area contributed by atoms with E-state index in [4.69, 9.17) is 22.1 Å². The third kappa shape index (κ3) is 4.59. The van der Waals surface area contributed by atoms with E-state index in [2.05, 4.69) is 4.72 Å². The monoisotopic (exact) mass is 372 g/mol. The third-order valence-corrected chi connectivity index (χ3v) is 4.59. The number of nitrogens with two attached hydrogens (primary N) is 1. The van der Waals surface area contributed by atoms with Crippen LogP contribution in [0.1, 0.15) is 6.42 Å². The Bertz CT molecular complexity index is 858. The number of halogens is 2. The van der Waals surface area contributed by atoms with Gasteiger partial charge in [0, 0.05) is 0 Å². The first-order chi connectivity index (χ1) is 11.3. The van der Waals surface area contributed by atoms with Crippen molar-refractivity contribution in [3.63, 3.8) is 0 Å². The van der Waals surface area contributed by atoms with Crippen LogP contribution < -0.4 is 15.2 Å². The first-order valence-electron chi connectivity index (χ1n) is 6.77.